The van der Waals surface area contributed by atoms with Gasteiger partial charge in [0.25, 0.3) is 0 Å². The summed E-state index contributed by atoms with van der Waals surface area (Å²) in [6.45, 7) is 2.42. The first-order valence-electron chi connectivity index (χ1n) is 5.76. The third kappa shape index (κ3) is 2.48. The van der Waals surface area contributed by atoms with Crippen LogP contribution in [0.2, 0.25) is 0 Å². The van der Waals surface area contributed by atoms with E-state index in [4.69, 9.17) is 10.3 Å². The molecule has 3 N–H and O–H groups in total. The second-order valence-corrected chi connectivity index (χ2v) is 4.87. The zero-order valence-corrected chi connectivity index (χ0v) is 11.1. The van der Waals surface area contributed by atoms with Crippen LogP contribution in [0.5, 0.6) is 0 Å². The predicted octanol–water partition coefficient (Wildman–Crippen LogP) is 1.62. The molecule has 0 spiro atoms. The van der Waals surface area contributed by atoms with Crippen LogP contribution in [0.15, 0.2) is 16.0 Å². The van der Waals surface area contributed by atoms with Crippen molar-refractivity contribution in [3.8, 4) is 0 Å². The van der Waals surface area contributed by atoms with E-state index in [1.807, 2.05) is 11.4 Å². The summed E-state index contributed by atoms with van der Waals surface area (Å²) < 4.78 is 4.91. The molecule has 8 heteroatoms. The Hall–Kier alpha value is -2.22. The van der Waals surface area contributed by atoms with E-state index in [1.54, 1.807) is 6.92 Å². The standard InChI is InChI=1S/C11H12N6OS/c1-6-14-8(17-18-6)2-4-13-9-7-3-5-19-10(7)16-11(12)15-9/h3,5H,2,4H2,1H3,(H3,12,13,15,16). The number of aromatic nitrogens is 4. The van der Waals surface area contributed by atoms with Crippen molar-refractivity contribution in [1.82, 2.24) is 20.1 Å². The Morgan fingerprint density at radius 3 is 3.05 bits per heavy atom. The molecule has 0 amide bonds. The Kier molecular flexibility index (Phi) is 3.00. The zero-order chi connectivity index (χ0) is 13.2. The lowest BCUT2D eigenvalue weighted by Gasteiger charge is -2.05. The second kappa shape index (κ2) is 4.81. The summed E-state index contributed by atoms with van der Waals surface area (Å²) >= 11 is 1.54. The van der Waals surface area contributed by atoms with Gasteiger partial charge in [-0.25, -0.2) is 4.98 Å². The summed E-state index contributed by atoms with van der Waals surface area (Å²) in [4.78, 5) is 13.4. The third-order valence-electron chi connectivity index (χ3n) is 2.55. The summed E-state index contributed by atoms with van der Waals surface area (Å²) in [6, 6.07) is 1.97. The van der Waals surface area contributed by atoms with Gasteiger partial charge >= 0.3 is 0 Å². The molecule has 0 saturated carbocycles. The fourth-order valence-electron chi connectivity index (χ4n) is 1.74. The van der Waals surface area contributed by atoms with Gasteiger partial charge in [0, 0.05) is 19.9 Å². The van der Waals surface area contributed by atoms with Crippen molar-refractivity contribution in [1.29, 1.82) is 0 Å². The highest BCUT2D eigenvalue weighted by atomic mass is 32.1. The molecule has 0 aliphatic rings. The van der Waals surface area contributed by atoms with Crippen LogP contribution < -0.4 is 11.1 Å². The van der Waals surface area contributed by atoms with E-state index in [2.05, 4.69) is 25.4 Å². The number of hydrogen-bond acceptors (Lipinski definition) is 8. The van der Waals surface area contributed by atoms with Gasteiger partial charge in [-0.2, -0.15) is 9.97 Å². The minimum Gasteiger partial charge on any atom is -0.369 e. The van der Waals surface area contributed by atoms with Crippen molar-refractivity contribution in [2.45, 2.75) is 13.3 Å². The molecular weight excluding hydrogens is 264 g/mol. The molecule has 0 radical (unpaired) electrons. The summed E-state index contributed by atoms with van der Waals surface area (Å²) in [7, 11) is 0. The van der Waals surface area contributed by atoms with E-state index in [9.17, 15) is 0 Å². The predicted molar refractivity (Wildman–Crippen MR) is 73.1 cm³/mol. The number of aryl methyl sites for hydroxylation is 1. The lowest BCUT2D eigenvalue weighted by molar-refractivity contribution is 0.387. The first-order chi connectivity index (χ1) is 9.22. The van der Waals surface area contributed by atoms with Crippen molar-refractivity contribution in [2.75, 3.05) is 17.6 Å². The number of nitrogens with one attached hydrogen (secondary N) is 1. The van der Waals surface area contributed by atoms with E-state index >= 15 is 0 Å². The van der Waals surface area contributed by atoms with Crippen LogP contribution in [0.3, 0.4) is 0 Å². The zero-order valence-electron chi connectivity index (χ0n) is 10.3. The average molecular weight is 276 g/mol. The Morgan fingerprint density at radius 2 is 2.26 bits per heavy atom. The Balaban J connectivity index is 1.73. The van der Waals surface area contributed by atoms with Gasteiger partial charge in [0.1, 0.15) is 10.6 Å². The van der Waals surface area contributed by atoms with Crippen LogP contribution in [0.25, 0.3) is 10.2 Å². The molecule has 3 aromatic rings. The third-order valence-corrected chi connectivity index (χ3v) is 3.36. The molecular formula is C11H12N6OS. The van der Waals surface area contributed by atoms with Gasteiger partial charge in [-0.05, 0) is 11.4 Å². The minimum atomic E-state index is 0.271. The number of nitrogens with zero attached hydrogens (tertiary/aromatic N) is 4. The molecule has 0 fully saturated rings. The summed E-state index contributed by atoms with van der Waals surface area (Å²) in [6.07, 6.45) is 0.660. The molecule has 98 valence electrons. The van der Waals surface area contributed by atoms with Crippen LogP contribution in [0.4, 0.5) is 11.8 Å². The van der Waals surface area contributed by atoms with Crippen LogP contribution in [0, 0.1) is 6.92 Å². The molecule has 0 aliphatic carbocycles. The molecule has 3 aromatic heterocycles. The van der Waals surface area contributed by atoms with Gasteiger partial charge in [0.2, 0.25) is 11.8 Å². The molecule has 19 heavy (non-hydrogen) atoms. The van der Waals surface area contributed by atoms with E-state index in [1.165, 1.54) is 11.3 Å². The van der Waals surface area contributed by atoms with Crippen LogP contribution in [-0.4, -0.2) is 26.7 Å². The van der Waals surface area contributed by atoms with Crippen LogP contribution in [0.1, 0.15) is 11.7 Å². The van der Waals surface area contributed by atoms with Gasteiger partial charge in [0.15, 0.2) is 5.82 Å². The van der Waals surface area contributed by atoms with E-state index in [-0.39, 0.29) is 5.95 Å². The van der Waals surface area contributed by atoms with Gasteiger partial charge in [0.05, 0.1) is 5.39 Å². The van der Waals surface area contributed by atoms with Crippen molar-refractivity contribution in [3.05, 3.63) is 23.2 Å². The molecule has 0 unspecified atom stereocenters. The maximum absolute atomic E-state index is 5.67. The van der Waals surface area contributed by atoms with Gasteiger partial charge in [-0.15, -0.1) is 11.3 Å². The largest absolute Gasteiger partial charge is 0.369 e. The fourth-order valence-corrected chi connectivity index (χ4v) is 2.51. The first kappa shape index (κ1) is 11.8. The van der Waals surface area contributed by atoms with E-state index in [0.29, 0.717) is 24.7 Å². The first-order valence-corrected chi connectivity index (χ1v) is 6.64. The molecule has 0 aliphatic heterocycles. The average Bonchev–Trinajstić information content (AvgIpc) is 2.98. The number of anilines is 2. The lowest BCUT2D eigenvalue weighted by atomic mass is 10.3. The van der Waals surface area contributed by atoms with Crippen molar-refractivity contribution in [3.63, 3.8) is 0 Å². The molecule has 0 saturated heterocycles. The van der Waals surface area contributed by atoms with Crippen LogP contribution >= 0.6 is 11.3 Å². The quantitative estimate of drug-likeness (QED) is 0.746. The van der Waals surface area contributed by atoms with Crippen molar-refractivity contribution < 1.29 is 4.52 Å². The van der Waals surface area contributed by atoms with Crippen molar-refractivity contribution >= 4 is 33.3 Å². The highest BCUT2D eigenvalue weighted by Crippen LogP contribution is 2.25. The minimum absolute atomic E-state index is 0.271. The number of thiophene rings is 1. The molecule has 0 atom stereocenters. The second-order valence-electron chi connectivity index (χ2n) is 3.98. The smallest absolute Gasteiger partial charge is 0.223 e. The number of fused-ring (bicyclic) bond motifs is 1. The highest BCUT2D eigenvalue weighted by molar-refractivity contribution is 7.16. The maximum Gasteiger partial charge on any atom is 0.223 e. The maximum atomic E-state index is 5.67. The molecule has 3 rings (SSSR count). The fraction of sp³-hybridized carbons (Fsp3) is 0.273. The highest BCUT2D eigenvalue weighted by Gasteiger charge is 2.07. The summed E-state index contributed by atoms with van der Waals surface area (Å²) in [5.74, 6) is 2.26. The Labute approximate surface area is 112 Å². The Morgan fingerprint density at radius 1 is 1.37 bits per heavy atom. The topological polar surface area (TPSA) is 103 Å². The van der Waals surface area contributed by atoms with Gasteiger partial charge < -0.3 is 15.6 Å². The van der Waals surface area contributed by atoms with E-state index < -0.39 is 0 Å². The Bertz CT molecular complexity index is 706. The number of hydrogen-bond donors (Lipinski definition) is 2. The van der Waals surface area contributed by atoms with Gasteiger partial charge in [-0.1, -0.05) is 5.16 Å². The molecule has 0 aromatic carbocycles. The number of nitrogens with two attached hydrogens (primary N) is 1. The number of nitrogen functional groups attached to an aromatic ring is 1. The van der Waals surface area contributed by atoms with Crippen molar-refractivity contribution in [2.24, 2.45) is 0 Å². The van der Waals surface area contributed by atoms with Crippen LogP contribution in [-0.2, 0) is 6.42 Å². The normalized spacial score (nSPS) is 11.0. The molecule has 3 heterocycles. The summed E-state index contributed by atoms with van der Waals surface area (Å²) in [5, 5.41) is 10.0. The van der Waals surface area contributed by atoms with E-state index in [0.717, 1.165) is 16.0 Å². The summed E-state index contributed by atoms with van der Waals surface area (Å²) in [5.41, 5.74) is 5.67. The number of rotatable bonds is 4. The molecule has 7 nitrogen and oxygen atoms in total. The SMILES string of the molecule is Cc1nc(CCNc2nc(N)nc3sccc23)no1. The van der Waals surface area contributed by atoms with Gasteiger partial charge in [-0.3, -0.25) is 0 Å². The monoisotopic (exact) mass is 276 g/mol. The lowest BCUT2D eigenvalue weighted by Crippen LogP contribution is -2.09. The molecule has 0 bridgehead atoms.